The monoisotopic (exact) mass is 1540 g/mol. The van der Waals surface area contributed by atoms with Gasteiger partial charge in [-0.3, -0.25) is 62.3 Å². The van der Waals surface area contributed by atoms with Crippen LogP contribution in [0, 0.1) is 29.1 Å². The first-order valence-corrected chi connectivity index (χ1v) is 34.2. The number of halogens is 5. The maximum Gasteiger partial charge on any atom is 0.311 e. The Kier molecular flexibility index (Phi) is 40.7. The molecule has 2 aromatic carbocycles. The summed E-state index contributed by atoms with van der Waals surface area (Å²) in [6.45, 7) is 7.30. The Morgan fingerprint density at radius 2 is 0.766 bits per heavy atom. The van der Waals surface area contributed by atoms with Gasteiger partial charge >= 0.3 is 41.8 Å². The van der Waals surface area contributed by atoms with E-state index in [0.29, 0.717) is 25.7 Å². The minimum atomic E-state index is -2.38. The summed E-state index contributed by atoms with van der Waals surface area (Å²) in [4.78, 5) is 161. The highest BCUT2D eigenvalue weighted by atomic mass is 19.2. The van der Waals surface area contributed by atoms with E-state index in [9.17, 15) is 84.3 Å². The standard InChI is InChI=1S/C68H93F5N6O28/c1-37(80)77-58-63(103-43(7)86)60(101-41(5)84)48(35-99-39(3)82)105-67(58)97-29-27-95-25-23-93-21-19-74-65(91)45-31-46(33-47(32-45)79-51(89)34-76-50(88)17-15-13-11-9-10-12-14-16-18-52(90)107-62-56(72)54(70)53(69)55(71)57(62)73)66(92)75-20-22-94-24-26-96-28-30-98-68-59(78-38(2)81)64(104-44(8)87)61(102-42(6)85)49(106-68)36-100-40(4)83/h31-33,48-49,58-61,63-64,67-68H,9-30,34-36H2,1-8H3,(H,74,91)(H,75,92)(H,76,88)(H,77,80)(H,78,81)(H,79,89)/t48-,49-,58-,59-,60+,61+,63-,64-,67?,68?/m1/s1. The van der Waals surface area contributed by atoms with Crippen LogP contribution in [0.2, 0.25) is 0 Å². The molecule has 2 heterocycles. The molecule has 0 aromatic heterocycles. The van der Waals surface area contributed by atoms with Crippen molar-refractivity contribution in [1.82, 2.24) is 26.6 Å². The van der Waals surface area contributed by atoms with Gasteiger partial charge in [-0.25, -0.2) is 13.2 Å². The van der Waals surface area contributed by atoms with Crippen molar-refractivity contribution in [3.63, 3.8) is 0 Å². The van der Waals surface area contributed by atoms with Crippen molar-refractivity contribution < 1.29 is 155 Å². The molecule has 4 rings (SSSR count). The van der Waals surface area contributed by atoms with Gasteiger partial charge in [0.05, 0.1) is 72.6 Å². The topological polar surface area (TPSA) is 433 Å². The van der Waals surface area contributed by atoms with Crippen LogP contribution in [0.3, 0.4) is 0 Å². The van der Waals surface area contributed by atoms with Crippen molar-refractivity contribution in [3.05, 3.63) is 58.4 Å². The number of ether oxygens (including phenoxy) is 15. The van der Waals surface area contributed by atoms with Gasteiger partial charge in [0.25, 0.3) is 11.8 Å². The number of esters is 7. The first-order chi connectivity index (χ1) is 50.9. The molecule has 10 atom stereocenters. The van der Waals surface area contributed by atoms with Gasteiger partial charge < -0.3 is 103 Å². The minimum Gasteiger partial charge on any atom is -0.463 e. The third-order valence-corrected chi connectivity index (χ3v) is 15.1. The van der Waals surface area contributed by atoms with Gasteiger partial charge in [-0.2, -0.15) is 8.78 Å². The Balaban J connectivity index is 1.27. The van der Waals surface area contributed by atoms with Crippen molar-refractivity contribution in [1.29, 1.82) is 0 Å². The highest BCUT2D eigenvalue weighted by molar-refractivity contribution is 6.03. The molecule has 2 saturated heterocycles. The molecular formula is C68H93F5N6O28. The molecule has 2 aliphatic rings. The van der Waals surface area contributed by atoms with E-state index >= 15 is 0 Å². The van der Waals surface area contributed by atoms with Crippen LogP contribution in [-0.2, 0) is 119 Å². The second-order valence-electron chi connectivity index (χ2n) is 24.0. The van der Waals surface area contributed by atoms with Gasteiger partial charge in [-0.15, -0.1) is 0 Å². The molecule has 2 aromatic rings. The van der Waals surface area contributed by atoms with E-state index in [0.717, 1.165) is 60.8 Å². The molecule has 0 aliphatic carbocycles. The second-order valence-corrected chi connectivity index (χ2v) is 24.0. The average molecular weight is 1540 g/mol. The molecule has 0 saturated carbocycles. The van der Waals surface area contributed by atoms with E-state index in [1.54, 1.807) is 0 Å². The predicted octanol–water partition coefficient (Wildman–Crippen LogP) is 2.81. The fourth-order valence-corrected chi connectivity index (χ4v) is 10.5. The van der Waals surface area contributed by atoms with Crippen molar-refractivity contribution in [2.24, 2.45) is 0 Å². The van der Waals surface area contributed by atoms with Crippen molar-refractivity contribution in [2.75, 3.05) is 104 Å². The number of amides is 6. The Morgan fingerprint density at radius 1 is 0.402 bits per heavy atom. The van der Waals surface area contributed by atoms with Gasteiger partial charge in [0.1, 0.15) is 37.5 Å². The number of hydrogen-bond acceptors (Lipinski definition) is 28. The number of carbonyl (C=O) groups excluding carboxylic acids is 13. The number of rotatable bonds is 47. The Labute approximate surface area is 612 Å². The smallest absolute Gasteiger partial charge is 0.311 e. The van der Waals surface area contributed by atoms with Crippen molar-refractivity contribution >= 4 is 82.9 Å². The van der Waals surface area contributed by atoms with E-state index < -0.39 is 193 Å². The lowest BCUT2D eigenvalue weighted by Crippen LogP contribution is -2.66. The fourth-order valence-electron chi connectivity index (χ4n) is 10.5. The molecule has 34 nitrogen and oxygen atoms in total. The summed E-state index contributed by atoms with van der Waals surface area (Å²) in [5, 5.41) is 15.6. The Hall–Kier alpha value is -9.12. The lowest BCUT2D eigenvalue weighted by atomic mass is 9.96. The lowest BCUT2D eigenvalue weighted by molar-refractivity contribution is -0.279. The quantitative estimate of drug-likeness (QED) is 0.0105. The van der Waals surface area contributed by atoms with E-state index in [1.807, 2.05) is 0 Å². The third kappa shape index (κ3) is 33.7. The van der Waals surface area contributed by atoms with Gasteiger partial charge in [-0.1, -0.05) is 38.5 Å². The van der Waals surface area contributed by atoms with Crippen LogP contribution in [0.1, 0.15) is 140 Å². The highest BCUT2D eigenvalue weighted by Crippen LogP contribution is 2.32. The second kappa shape index (κ2) is 48.2. The maximum atomic E-state index is 13.9. The lowest BCUT2D eigenvalue weighted by Gasteiger charge is -2.44. The Morgan fingerprint density at radius 3 is 1.16 bits per heavy atom. The number of benzene rings is 2. The van der Waals surface area contributed by atoms with Crippen LogP contribution in [0.5, 0.6) is 5.75 Å². The zero-order valence-corrected chi connectivity index (χ0v) is 60.5. The molecule has 39 heteroatoms. The van der Waals surface area contributed by atoms with Gasteiger partial charge in [-0.05, 0) is 31.0 Å². The molecule has 0 bridgehead atoms. The molecule has 598 valence electrons. The molecule has 2 fully saturated rings. The van der Waals surface area contributed by atoms with Crippen LogP contribution in [-0.4, -0.2) is 237 Å². The van der Waals surface area contributed by atoms with Crippen LogP contribution in [0.15, 0.2) is 18.2 Å². The maximum absolute atomic E-state index is 13.9. The molecule has 2 unspecified atom stereocenters. The first kappa shape index (κ1) is 90.3. The summed E-state index contributed by atoms with van der Waals surface area (Å²) in [6, 6.07) is 1.49. The number of anilines is 1. The molecular weight excluding hydrogens is 1440 g/mol. The number of unbranched alkanes of at least 4 members (excludes halogenated alkanes) is 7. The van der Waals surface area contributed by atoms with Gasteiger partial charge in [0.15, 0.2) is 37.0 Å². The largest absolute Gasteiger partial charge is 0.463 e. The zero-order chi connectivity index (χ0) is 79.1. The summed E-state index contributed by atoms with van der Waals surface area (Å²) in [7, 11) is 0. The summed E-state index contributed by atoms with van der Waals surface area (Å²) in [6.07, 6.45) is -5.83. The SMILES string of the molecule is CC(=O)N[C@H]1C(OCCOCCOCCNC(=O)c2cc(NC(=O)CNC(=O)CCCCCCCCCCC(=O)Oc3c(F)c(F)c(F)c(F)c3F)cc(C(=O)NCCOCCOCCOC3O[C@H](COC(C)=O)[C@H](OC(C)=O)[C@H](OC(C)=O)[C@H]3NC(C)=O)c2)O[C@H](COC(C)=O)[C@H](OC(C)=O)[C@@H]1OC(C)=O. The predicted molar refractivity (Wildman–Crippen MR) is 354 cm³/mol. The van der Waals surface area contributed by atoms with E-state index in [4.69, 9.17) is 66.3 Å². The van der Waals surface area contributed by atoms with E-state index in [1.165, 1.54) is 32.0 Å². The zero-order valence-electron chi connectivity index (χ0n) is 60.5. The van der Waals surface area contributed by atoms with Crippen LogP contribution in [0.25, 0.3) is 0 Å². The summed E-state index contributed by atoms with van der Waals surface area (Å²) in [5.41, 5.74) is -0.112. The highest BCUT2D eigenvalue weighted by Gasteiger charge is 2.53. The molecule has 0 radical (unpaired) electrons. The summed E-state index contributed by atoms with van der Waals surface area (Å²) < 4.78 is 150. The molecule has 6 N–H and O–H groups in total. The number of hydrogen-bond donors (Lipinski definition) is 6. The third-order valence-electron chi connectivity index (χ3n) is 15.1. The van der Waals surface area contributed by atoms with Crippen LogP contribution < -0.4 is 36.6 Å². The average Bonchev–Trinajstić information content (AvgIpc) is 0.798. The van der Waals surface area contributed by atoms with Crippen molar-refractivity contribution in [2.45, 2.75) is 181 Å². The van der Waals surface area contributed by atoms with Crippen LogP contribution >= 0.6 is 0 Å². The molecule has 6 amide bonds. The van der Waals surface area contributed by atoms with E-state index in [-0.39, 0.29) is 115 Å². The van der Waals surface area contributed by atoms with Crippen LogP contribution in [0.4, 0.5) is 27.6 Å². The molecule has 107 heavy (non-hydrogen) atoms. The van der Waals surface area contributed by atoms with Gasteiger partial charge in [0, 0.05) is 98.1 Å². The number of carbonyl (C=O) groups is 13. The van der Waals surface area contributed by atoms with Gasteiger partial charge in [0.2, 0.25) is 58.5 Å². The molecule has 2 aliphatic heterocycles. The normalized spacial score (nSPS) is 19.5. The minimum absolute atomic E-state index is 0.0108. The Bertz CT molecular complexity index is 3170. The molecule has 0 spiro atoms. The van der Waals surface area contributed by atoms with Crippen molar-refractivity contribution in [3.8, 4) is 5.75 Å². The summed E-state index contributed by atoms with van der Waals surface area (Å²) >= 11 is 0. The van der Waals surface area contributed by atoms with E-state index in [2.05, 4.69) is 36.6 Å². The summed E-state index contributed by atoms with van der Waals surface area (Å²) in [5.74, 6) is -22.3. The first-order valence-electron chi connectivity index (χ1n) is 34.2. The number of nitrogens with one attached hydrogen (secondary N) is 6. The fraction of sp³-hybridized carbons (Fsp3) is 0.632.